The second kappa shape index (κ2) is 2.40. The molecule has 56 valence electrons. The van der Waals surface area contributed by atoms with Crippen LogP contribution < -0.4 is 0 Å². The van der Waals surface area contributed by atoms with Gasteiger partial charge in [0, 0.05) is 6.54 Å². The fraction of sp³-hybridized carbons (Fsp3) is 0.714. The largest absolute Gasteiger partial charge is 0.332 e. The molecule has 3 heteroatoms. The number of Topliss-reactive ketones (excluding diaryl/α,β-unsaturated/α-hetero) is 1. The third-order valence-corrected chi connectivity index (χ3v) is 1.87. The first-order valence-electron chi connectivity index (χ1n) is 3.46. The van der Waals surface area contributed by atoms with Gasteiger partial charge in [0.25, 0.3) is 0 Å². The van der Waals surface area contributed by atoms with Gasteiger partial charge in [0.2, 0.25) is 5.91 Å². The molecule has 1 atom stereocenters. The van der Waals surface area contributed by atoms with E-state index < -0.39 is 0 Å². The van der Waals surface area contributed by atoms with Crippen LogP contribution >= 0.6 is 0 Å². The van der Waals surface area contributed by atoms with Crippen LogP contribution in [-0.2, 0) is 9.59 Å². The van der Waals surface area contributed by atoms with Gasteiger partial charge in [-0.15, -0.1) is 0 Å². The third-order valence-electron chi connectivity index (χ3n) is 1.87. The lowest BCUT2D eigenvalue weighted by Crippen LogP contribution is -2.55. The second-order valence-corrected chi connectivity index (χ2v) is 2.51. The molecule has 1 rings (SSSR count). The highest BCUT2D eigenvalue weighted by molar-refractivity contribution is 5.97. The first-order valence-corrected chi connectivity index (χ1v) is 3.46. The van der Waals surface area contributed by atoms with E-state index in [0.29, 0.717) is 13.0 Å². The average molecular weight is 141 g/mol. The number of rotatable bonds is 2. The summed E-state index contributed by atoms with van der Waals surface area (Å²) in [5.74, 6) is 0.198. The van der Waals surface area contributed by atoms with Crippen molar-refractivity contribution in [3.05, 3.63) is 0 Å². The number of β-lactam (4-membered cyclic amide) rings is 1. The Morgan fingerprint density at radius 2 is 2.40 bits per heavy atom. The van der Waals surface area contributed by atoms with Crippen molar-refractivity contribution in [3.8, 4) is 0 Å². The number of likely N-dealkylation sites (tertiary alicyclic amines) is 1. The van der Waals surface area contributed by atoms with Crippen LogP contribution in [0.2, 0.25) is 0 Å². The maximum absolute atomic E-state index is 10.8. The maximum atomic E-state index is 10.8. The van der Waals surface area contributed by atoms with E-state index in [1.54, 1.807) is 4.90 Å². The van der Waals surface area contributed by atoms with Crippen molar-refractivity contribution >= 4 is 11.7 Å². The Morgan fingerprint density at radius 1 is 1.80 bits per heavy atom. The van der Waals surface area contributed by atoms with E-state index in [1.165, 1.54) is 6.92 Å². The number of carbonyl (C=O) groups is 2. The number of likely N-dealkylation sites (N-methyl/N-ethyl adjacent to an activating group) is 1. The Labute approximate surface area is 60.0 Å². The van der Waals surface area contributed by atoms with E-state index in [-0.39, 0.29) is 17.7 Å². The molecule has 0 aromatic heterocycles. The number of hydrogen-bond donors (Lipinski definition) is 0. The minimum Gasteiger partial charge on any atom is -0.332 e. The van der Waals surface area contributed by atoms with E-state index in [4.69, 9.17) is 0 Å². The van der Waals surface area contributed by atoms with Gasteiger partial charge in [0.1, 0.15) is 0 Å². The molecule has 0 spiro atoms. The Bertz CT molecular complexity index is 168. The van der Waals surface area contributed by atoms with Crippen LogP contribution in [-0.4, -0.2) is 29.2 Å². The molecule has 1 fully saturated rings. The summed E-state index contributed by atoms with van der Waals surface area (Å²) in [6.07, 6.45) is 0.420. The highest BCUT2D eigenvalue weighted by Gasteiger charge is 2.37. The van der Waals surface area contributed by atoms with Crippen LogP contribution in [0.5, 0.6) is 0 Å². The first kappa shape index (κ1) is 7.25. The molecule has 0 saturated carbocycles. The zero-order valence-corrected chi connectivity index (χ0v) is 6.26. The van der Waals surface area contributed by atoms with Gasteiger partial charge in [-0.1, -0.05) is 0 Å². The Hall–Kier alpha value is -0.860. The average Bonchev–Trinajstić information content (AvgIpc) is 1.83. The van der Waals surface area contributed by atoms with Crippen LogP contribution in [0, 0.1) is 0 Å². The predicted octanol–water partition coefficient (Wildman–Crippen LogP) is 0.196. The number of amides is 1. The summed E-state index contributed by atoms with van der Waals surface area (Å²) >= 11 is 0. The van der Waals surface area contributed by atoms with E-state index in [0.717, 1.165) is 0 Å². The van der Waals surface area contributed by atoms with Gasteiger partial charge in [-0.25, -0.2) is 0 Å². The highest BCUT2D eigenvalue weighted by Crippen LogP contribution is 2.18. The van der Waals surface area contributed by atoms with Crippen molar-refractivity contribution in [2.24, 2.45) is 0 Å². The quantitative estimate of drug-likeness (QED) is 0.515. The lowest BCUT2D eigenvalue weighted by Gasteiger charge is -2.37. The molecule has 3 nitrogen and oxygen atoms in total. The van der Waals surface area contributed by atoms with Crippen LogP contribution in [0.15, 0.2) is 0 Å². The van der Waals surface area contributed by atoms with Crippen molar-refractivity contribution in [2.75, 3.05) is 6.54 Å². The molecule has 1 aliphatic rings. The molecule has 1 unspecified atom stereocenters. The molecule has 0 aliphatic carbocycles. The molecule has 0 N–H and O–H groups in total. The lowest BCUT2D eigenvalue weighted by molar-refractivity contribution is -0.151. The minimum absolute atomic E-state index is 0.0986. The van der Waals surface area contributed by atoms with Gasteiger partial charge >= 0.3 is 0 Å². The fourth-order valence-electron chi connectivity index (χ4n) is 1.21. The summed E-state index contributed by atoms with van der Waals surface area (Å²) in [5, 5.41) is 0. The lowest BCUT2D eigenvalue weighted by atomic mass is 9.99. The Kier molecular flexibility index (Phi) is 1.74. The molecule has 1 heterocycles. The van der Waals surface area contributed by atoms with E-state index in [2.05, 4.69) is 0 Å². The van der Waals surface area contributed by atoms with E-state index in [9.17, 15) is 9.59 Å². The maximum Gasteiger partial charge on any atom is 0.225 e. The van der Waals surface area contributed by atoms with Crippen molar-refractivity contribution < 1.29 is 9.59 Å². The van der Waals surface area contributed by atoms with Gasteiger partial charge < -0.3 is 4.90 Å². The van der Waals surface area contributed by atoms with E-state index >= 15 is 0 Å². The molecule has 1 aliphatic heterocycles. The molecule has 0 aromatic carbocycles. The molecular weight excluding hydrogens is 130 g/mol. The van der Waals surface area contributed by atoms with Gasteiger partial charge in [-0.2, -0.15) is 0 Å². The Morgan fingerprint density at radius 3 is 2.60 bits per heavy atom. The van der Waals surface area contributed by atoms with Gasteiger partial charge in [0.15, 0.2) is 5.78 Å². The summed E-state index contributed by atoms with van der Waals surface area (Å²) in [5.41, 5.74) is 0. The summed E-state index contributed by atoms with van der Waals surface area (Å²) in [7, 11) is 0. The zero-order chi connectivity index (χ0) is 7.72. The molecule has 0 bridgehead atoms. The normalized spacial score (nSPS) is 24.4. The second-order valence-electron chi connectivity index (χ2n) is 2.51. The summed E-state index contributed by atoms with van der Waals surface area (Å²) in [6, 6.07) is -0.113. The molecule has 0 aromatic rings. The van der Waals surface area contributed by atoms with Gasteiger partial charge in [0.05, 0.1) is 12.5 Å². The van der Waals surface area contributed by atoms with Gasteiger partial charge in [-0.3, -0.25) is 9.59 Å². The van der Waals surface area contributed by atoms with Crippen LogP contribution in [0.4, 0.5) is 0 Å². The summed E-state index contributed by atoms with van der Waals surface area (Å²) < 4.78 is 0. The number of nitrogens with zero attached hydrogens (tertiary/aromatic N) is 1. The molecule has 0 radical (unpaired) electrons. The first-order chi connectivity index (χ1) is 4.66. The number of carbonyl (C=O) groups excluding carboxylic acids is 2. The topological polar surface area (TPSA) is 37.4 Å². The van der Waals surface area contributed by atoms with Crippen molar-refractivity contribution in [3.63, 3.8) is 0 Å². The van der Waals surface area contributed by atoms with Gasteiger partial charge in [-0.05, 0) is 13.8 Å². The fourth-order valence-corrected chi connectivity index (χ4v) is 1.21. The summed E-state index contributed by atoms with van der Waals surface area (Å²) in [6.45, 7) is 4.07. The van der Waals surface area contributed by atoms with Crippen molar-refractivity contribution in [2.45, 2.75) is 26.3 Å². The van der Waals surface area contributed by atoms with E-state index in [1.807, 2.05) is 6.92 Å². The molecule has 10 heavy (non-hydrogen) atoms. The van der Waals surface area contributed by atoms with Crippen molar-refractivity contribution in [1.29, 1.82) is 0 Å². The monoisotopic (exact) mass is 141 g/mol. The zero-order valence-electron chi connectivity index (χ0n) is 6.26. The predicted molar refractivity (Wildman–Crippen MR) is 36.5 cm³/mol. The molecule has 1 amide bonds. The highest BCUT2D eigenvalue weighted by atomic mass is 16.2. The standard InChI is InChI=1S/C7H11NO2/c1-3-8-6(5(2)9)4-7(8)10/h6H,3-4H2,1-2H3. The Balaban J connectivity index is 2.53. The van der Waals surface area contributed by atoms with Crippen LogP contribution in [0.1, 0.15) is 20.3 Å². The van der Waals surface area contributed by atoms with Crippen LogP contribution in [0.25, 0.3) is 0 Å². The molecular formula is C7H11NO2. The SMILES string of the molecule is CCN1C(=O)CC1C(C)=O. The third kappa shape index (κ3) is 0.916. The summed E-state index contributed by atoms with van der Waals surface area (Å²) in [4.78, 5) is 23.1. The smallest absolute Gasteiger partial charge is 0.225 e. The molecule has 1 saturated heterocycles. The van der Waals surface area contributed by atoms with Crippen molar-refractivity contribution in [1.82, 2.24) is 4.90 Å². The number of ketones is 1. The number of hydrogen-bond acceptors (Lipinski definition) is 2. The minimum atomic E-state index is -0.113. The van der Waals surface area contributed by atoms with Crippen LogP contribution in [0.3, 0.4) is 0 Å².